The van der Waals surface area contributed by atoms with E-state index in [2.05, 4.69) is 10.2 Å². The smallest absolute Gasteiger partial charge is 0.270 e. The highest BCUT2D eigenvalue weighted by Crippen LogP contribution is 2.22. The van der Waals surface area contributed by atoms with Crippen molar-refractivity contribution in [2.24, 2.45) is 7.05 Å². The van der Waals surface area contributed by atoms with Crippen LogP contribution in [0.5, 0.6) is 0 Å². The van der Waals surface area contributed by atoms with E-state index in [0.717, 1.165) is 23.5 Å². The lowest BCUT2D eigenvalue weighted by Gasteiger charge is -2.28. The zero-order valence-corrected chi connectivity index (χ0v) is 13.6. The molecule has 3 heterocycles. The van der Waals surface area contributed by atoms with Crippen LogP contribution in [-0.4, -0.2) is 46.2 Å². The van der Waals surface area contributed by atoms with E-state index in [0.29, 0.717) is 23.8 Å². The maximum atomic E-state index is 12.7. The van der Waals surface area contributed by atoms with Crippen LogP contribution in [0.25, 0.3) is 0 Å². The number of amides is 1. The second-order valence-corrected chi connectivity index (χ2v) is 6.14. The summed E-state index contributed by atoms with van der Waals surface area (Å²) >= 11 is 5.97. The van der Waals surface area contributed by atoms with Crippen LogP contribution in [0.1, 0.15) is 21.7 Å². The van der Waals surface area contributed by atoms with E-state index in [1.807, 2.05) is 37.0 Å². The standard InChI is InChI=1S/C15H18ClN5O/c1-19(2)14-6-10-8-21(5-4-12(10)17-18-14)15(22)13-7-11(16)9-20(13)3/h6-7,9H,4-5,8H2,1-3H3. The molecule has 0 bridgehead atoms. The van der Waals surface area contributed by atoms with Gasteiger partial charge in [-0.2, -0.15) is 5.10 Å². The zero-order valence-electron chi connectivity index (χ0n) is 12.9. The van der Waals surface area contributed by atoms with Crippen molar-refractivity contribution in [2.45, 2.75) is 13.0 Å². The molecule has 1 amide bonds. The molecule has 7 heteroatoms. The lowest BCUT2D eigenvalue weighted by molar-refractivity contribution is 0.0723. The summed E-state index contributed by atoms with van der Waals surface area (Å²) < 4.78 is 1.76. The third-order valence-corrected chi connectivity index (χ3v) is 4.07. The molecule has 2 aromatic rings. The van der Waals surface area contributed by atoms with Gasteiger partial charge in [0, 0.05) is 46.9 Å². The number of rotatable bonds is 2. The predicted molar refractivity (Wildman–Crippen MR) is 85.2 cm³/mol. The van der Waals surface area contributed by atoms with Crippen molar-refractivity contribution in [1.29, 1.82) is 0 Å². The highest BCUT2D eigenvalue weighted by atomic mass is 35.5. The molecule has 0 radical (unpaired) electrons. The van der Waals surface area contributed by atoms with Crippen LogP contribution in [0, 0.1) is 0 Å². The van der Waals surface area contributed by atoms with Crippen molar-refractivity contribution in [2.75, 3.05) is 25.5 Å². The van der Waals surface area contributed by atoms with Gasteiger partial charge < -0.3 is 14.4 Å². The first-order valence-electron chi connectivity index (χ1n) is 7.09. The van der Waals surface area contributed by atoms with Crippen LogP contribution in [0.15, 0.2) is 18.3 Å². The van der Waals surface area contributed by atoms with Crippen molar-refractivity contribution in [3.05, 3.63) is 40.3 Å². The minimum absolute atomic E-state index is 0.0109. The summed E-state index contributed by atoms with van der Waals surface area (Å²) in [5.74, 6) is 0.790. The topological polar surface area (TPSA) is 54.3 Å². The van der Waals surface area contributed by atoms with Gasteiger partial charge in [-0.3, -0.25) is 4.79 Å². The molecule has 0 aliphatic carbocycles. The van der Waals surface area contributed by atoms with E-state index in [-0.39, 0.29) is 5.91 Å². The fraction of sp³-hybridized carbons (Fsp3) is 0.400. The fourth-order valence-corrected chi connectivity index (χ4v) is 2.86. The first kappa shape index (κ1) is 14.8. The molecule has 22 heavy (non-hydrogen) atoms. The predicted octanol–water partition coefficient (Wildman–Crippen LogP) is 1.73. The van der Waals surface area contributed by atoms with Gasteiger partial charge in [-0.15, -0.1) is 5.10 Å². The largest absolute Gasteiger partial charge is 0.361 e. The zero-order chi connectivity index (χ0) is 15.9. The Labute approximate surface area is 134 Å². The van der Waals surface area contributed by atoms with Crippen LogP contribution >= 0.6 is 11.6 Å². The number of carbonyl (C=O) groups is 1. The van der Waals surface area contributed by atoms with Crippen LogP contribution in [0.3, 0.4) is 0 Å². The Kier molecular flexibility index (Phi) is 3.78. The molecule has 0 saturated heterocycles. The number of fused-ring (bicyclic) bond motifs is 1. The lowest BCUT2D eigenvalue weighted by Crippen LogP contribution is -2.37. The van der Waals surface area contributed by atoms with Gasteiger partial charge in [0.2, 0.25) is 0 Å². The molecule has 116 valence electrons. The van der Waals surface area contributed by atoms with E-state index in [9.17, 15) is 4.79 Å². The van der Waals surface area contributed by atoms with Crippen molar-refractivity contribution in [3.8, 4) is 0 Å². The second kappa shape index (κ2) is 5.61. The Hall–Kier alpha value is -2.08. The molecule has 1 aliphatic rings. The van der Waals surface area contributed by atoms with Crippen molar-refractivity contribution < 1.29 is 4.79 Å². The summed E-state index contributed by atoms with van der Waals surface area (Å²) in [4.78, 5) is 16.4. The summed E-state index contributed by atoms with van der Waals surface area (Å²) in [6.07, 6.45) is 2.46. The number of anilines is 1. The Bertz CT molecular complexity index is 725. The first-order valence-corrected chi connectivity index (χ1v) is 7.47. The number of nitrogens with zero attached hydrogens (tertiary/aromatic N) is 5. The Morgan fingerprint density at radius 3 is 2.73 bits per heavy atom. The quantitative estimate of drug-likeness (QED) is 0.846. The minimum Gasteiger partial charge on any atom is -0.361 e. The number of hydrogen-bond donors (Lipinski definition) is 0. The molecule has 0 saturated carbocycles. The number of carbonyl (C=O) groups excluding carboxylic acids is 1. The van der Waals surface area contributed by atoms with Crippen molar-refractivity contribution in [1.82, 2.24) is 19.7 Å². The van der Waals surface area contributed by atoms with Gasteiger partial charge in [0.1, 0.15) is 5.69 Å². The highest BCUT2D eigenvalue weighted by Gasteiger charge is 2.25. The third kappa shape index (κ3) is 2.66. The normalized spacial score (nSPS) is 13.9. The van der Waals surface area contributed by atoms with Crippen LogP contribution in [0.4, 0.5) is 5.82 Å². The Morgan fingerprint density at radius 2 is 2.09 bits per heavy atom. The fourth-order valence-electron chi connectivity index (χ4n) is 2.61. The summed E-state index contributed by atoms with van der Waals surface area (Å²) in [7, 11) is 5.68. The molecule has 6 nitrogen and oxygen atoms in total. The lowest BCUT2D eigenvalue weighted by atomic mass is 10.1. The molecule has 0 fully saturated rings. The van der Waals surface area contributed by atoms with Gasteiger partial charge in [-0.25, -0.2) is 0 Å². The average molecular weight is 320 g/mol. The summed E-state index contributed by atoms with van der Waals surface area (Å²) in [5, 5.41) is 9.03. The molecule has 0 unspecified atom stereocenters. The van der Waals surface area contributed by atoms with Crippen molar-refractivity contribution >= 4 is 23.3 Å². The number of hydrogen-bond acceptors (Lipinski definition) is 4. The van der Waals surface area contributed by atoms with Crippen molar-refractivity contribution in [3.63, 3.8) is 0 Å². The van der Waals surface area contributed by atoms with Gasteiger partial charge in [0.05, 0.1) is 10.7 Å². The summed E-state index contributed by atoms with van der Waals surface area (Å²) in [5.41, 5.74) is 2.63. The third-order valence-electron chi connectivity index (χ3n) is 3.86. The molecule has 0 N–H and O–H groups in total. The molecule has 0 spiro atoms. The van der Waals surface area contributed by atoms with Gasteiger partial charge in [-0.1, -0.05) is 11.6 Å². The molecular weight excluding hydrogens is 302 g/mol. The summed E-state index contributed by atoms with van der Waals surface area (Å²) in [6, 6.07) is 3.70. The van der Waals surface area contributed by atoms with E-state index in [4.69, 9.17) is 11.6 Å². The first-order chi connectivity index (χ1) is 10.5. The van der Waals surface area contributed by atoms with E-state index in [1.165, 1.54) is 0 Å². The average Bonchev–Trinajstić information content (AvgIpc) is 2.84. The maximum absolute atomic E-state index is 12.7. The Balaban J connectivity index is 1.85. The Morgan fingerprint density at radius 1 is 1.32 bits per heavy atom. The SMILES string of the molecule is CN(C)c1cc2c(nn1)CCN(C(=O)c1cc(Cl)cn1C)C2. The number of aromatic nitrogens is 3. The van der Waals surface area contributed by atoms with Gasteiger partial charge in [-0.05, 0) is 17.7 Å². The molecule has 1 aliphatic heterocycles. The number of aryl methyl sites for hydroxylation is 1. The highest BCUT2D eigenvalue weighted by molar-refractivity contribution is 6.31. The molecule has 0 atom stereocenters. The summed E-state index contributed by atoms with van der Waals surface area (Å²) in [6.45, 7) is 1.19. The van der Waals surface area contributed by atoms with E-state index < -0.39 is 0 Å². The van der Waals surface area contributed by atoms with Crippen LogP contribution in [-0.2, 0) is 20.0 Å². The van der Waals surface area contributed by atoms with Crippen LogP contribution < -0.4 is 4.90 Å². The molecule has 3 rings (SSSR count). The molecule has 0 aromatic carbocycles. The molecular formula is C15H18ClN5O. The maximum Gasteiger partial charge on any atom is 0.270 e. The van der Waals surface area contributed by atoms with Crippen LogP contribution in [0.2, 0.25) is 5.02 Å². The van der Waals surface area contributed by atoms with Gasteiger partial charge in [0.15, 0.2) is 5.82 Å². The van der Waals surface area contributed by atoms with E-state index in [1.54, 1.807) is 16.8 Å². The monoisotopic (exact) mass is 319 g/mol. The molecule has 2 aromatic heterocycles. The minimum atomic E-state index is -0.0109. The van der Waals surface area contributed by atoms with E-state index >= 15 is 0 Å². The van der Waals surface area contributed by atoms with Gasteiger partial charge in [0.25, 0.3) is 5.91 Å². The van der Waals surface area contributed by atoms with Gasteiger partial charge >= 0.3 is 0 Å². The second-order valence-electron chi connectivity index (χ2n) is 5.70. The number of halogens is 1.